The van der Waals surface area contributed by atoms with Crippen LogP contribution in [-0.2, 0) is 44.4 Å². The highest BCUT2D eigenvalue weighted by Crippen LogP contribution is 2.51. The van der Waals surface area contributed by atoms with Crippen LogP contribution < -0.4 is 19.5 Å². The average molecular weight is 760 g/mol. The molecule has 2 aromatic carbocycles. The van der Waals surface area contributed by atoms with Gasteiger partial charge < -0.3 is 23.3 Å². The van der Waals surface area contributed by atoms with Gasteiger partial charge in [-0.3, -0.25) is 14.7 Å². The molecule has 18 heteroatoms. The molecule has 1 unspecified atom stereocenters. The highest BCUT2D eigenvalue weighted by Gasteiger charge is 2.32. The first-order valence-corrected chi connectivity index (χ1v) is 21.7. The van der Waals surface area contributed by atoms with Crippen LogP contribution in [0.4, 0.5) is 5.13 Å². The molecule has 0 bridgehead atoms. The SMILES string of the molecule is CC1(C)CCS(=O)(=O)N1.CCOP(=O)(Cc1csc(NC(=O)c2cc(Oc3ccc(S(C)(=O)=O)cc3)cc(OC3CCOC3)c2)n1)OCC. The summed E-state index contributed by atoms with van der Waals surface area (Å²) in [5.74, 6) is 0.949. The van der Waals surface area contributed by atoms with Gasteiger partial charge in [-0.25, -0.2) is 26.5 Å². The summed E-state index contributed by atoms with van der Waals surface area (Å²) in [6.07, 6.45) is 2.39. The number of aromatic nitrogens is 1. The number of ether oxygens (including phenoxy) is 3. The quantitative estimate of drug-likeness (QED) is 0.206. The Morgan fingerprint density at radius 2 is 1.78 bits per heavy atom. The summed E-state index contributed by atoms with van der Waals surface area (Å²) in [6.45, 7) is 8.75. The van der Waals surface area contributed by atoms with E-state index >= 15 is 0 Å². The normalized spacial score (nSPS) is 18.3. The fourth-order valence-electron chi connectivity index (χ4n) is 4.76. The molecule has 0 radical (unpaired) electrons. The van der Waals surface area contributed by atoms with E-state index in [9.17, 15) is 26.2 Å². The van der Waals surface area contributed by atoms with E-state index in [-0.39, 0.29) is 47.2 Å². The third-order valence-corrected chi connectivity index (χ3v) is 12.6. The number of nitrogens with one attached hydrogen (secondary N) is 2. The van der Waals surface area contributed by atoms with Crippen LogP contribution >= 0.6 is 18.9 Å². The molecule has 14 nitrogen and oxygen atoms in total. The average Bonchev–Trinajstić information content (AvgIpc) is 3.73. The van der Waals surface area contributed by atoms with Crippen molar-refractivity contribution >= 4 is 49.8 Å². The van der Waals surface area contributed by atoms with E-state index in [1.54, 1.807) is 37.4 Å². The monoisotopic (exact) mass is 759 g/mol. The maximum absolute atomic E-state index is 13.2. The van der Waals surface area contributed by atoms with Crippen molar-refractivity contribution in [3.05, 3.63) is 59.1 Å². The van der Waals surface area contributed by atoms with Gasteiger partial charge in [0, 0.05) is 35.2 Å². The number of sulfone groups is 1. The summed E-state index contributed by atoms with van der Waals surface area (Å²) in [6, 6.07) is 10.8. The van der Waals surface area contributed by atoms with Gasteiger partial charge in [0.25, 0.3) is 5.91 Å². The Morgan fingerprint density at radius 3 is 2.31 bits per heavy atom. The second kappa shape index (κ2) is 16.4. The Balaban J connectivity index is 0.000000520. The second-order valence-corrected chi connectivity index (χ2v) is 18.7. The van der Waals surface area contributed by atoms with E-state index in [2.05, 4.69) is 15.0 Å². The second-order valence-electron chi connectivity index (χ2n) is 11.9. The van der Waals surface area contributed by atoms with Crippen LogP contribution in [0.3, 0.4) is 0 Å². The van der Waals surface area contributed by atoms with Crippen molar-refractivity contribution in [1.29, 1.82) is 0 Å². The van der Waals surface area contributed by atoms with Crippen LogP contribution in [0.5, 0.6) is 17.2 Å². The lowest BCUT2D eigenvalue weighted by molar-refractivity contribution is 0.102. The number of hydrogen-bond donors (Lipinski definition) is 2. The first kappa shape index (κ1) is 38.9. The first-order chi connectivity index (χ1) is 23.0. The molecular formula is C31H42N3O11PS3. The van der Waals surface area contributed by atoms with Gasteiger partial charge in [0.2, 0.25) is 10.0 Å². The summed E-state index contributed by atoms with van der Waals surface area (Å²) >= 11 is 1.19. The maximum Gasteiger partial charge on any atom is 0.336 e. The molecule has 2 fully saturated rings. The molecule has 1 amide bonds. The first-order valence-electron chi connectivity index (χ1n) is 15.5. The van der Waals surface area contributed by atoms with E-state index in [1.807, 2.05) is 13.8 Å². The predicted octanol–water partition coefficient (Wildman–Crippen LogP) is 5.61. The lowest BCUT2D eigenvalue weighted by Crippen LogP contribution is -2.34. The number of nitrogens with zero attached hydrogens (tertiary/aromatic N) is 1. The minimum absolute atomic E-state index is 0.00997. The zero-order valence-corrected chi connectivity index (χ0v) is 31.3. The zero-order chi connectivity index (χ0) is 35.9. The smallest absolute Gasteiger partial charge is 0.336 e. The summed E-state index contributed by atoms with van der Waals surface area (Å²) in [5, 5.41) is 4.76. The third kappa shape index (κ3) is 12.1. The van der Waals surface area contributed by atoms with Crippen molar-refractivity contribution in [1.82, 2.24) is 9.71 Å². The number of rotatable bonds is 13. The van der Waals surface area contributed by atoms with Gasteiger partial charge in [-0.1, -0.05) is 0 Å². The molecule has 2 saturated heterocycles. The van der Waals surface area contributed by atoms with Gasteiger partial charge >= 0.3 is 7.60 Å². The Hall–Kier alpha value is -2.89. The van der Waals surface area contributed by atoms with Gasteiger partial charge in [0.15, 0.2) is 15.0 Å². The number of benzene rings is 2. The van der Waals surface area contributed by atoms with E-state index in [1.165, 1.54) is 35.6 Å². The van der Waals surface area contributed by atoms with E-state index < -0.39 is 33.4 Å². The predicted molar refractivity (Wildman–Crippen MR) is 186 cm³/mol. The standard InChI is InChI=1S/C26H31N2O9PS2.C5H11NO2S/c1-4-34-38(30,35-5-2)16-19-17-39-26(27-19)28-25(29)18-12-22(14-23(13-18)37-21-10-11-33-15-21)36-20-6-8-24(9-7-20)40(3,31)32;1-5(2)3-4-9(7,8)6-5/h6-9,12-14,17,21H,4-5,10-11,15-16H2,1-3H3,(H,27,28,29);6H,3-4H2,1-2H3. The number of carbonyl (C=O) groups excluding carboxylic acids is 1. The zero-order valence-electron chi connectivity index (χ0n) is 28.0. The largest absolute Gasteiger partial charge is 0.488 e. The van der Waals surface area contributed by atoms with E-state index in [4.69, 9.17) is 23.3 Å². The fourth-order valence-corrected chi connectivity index (χ4v) is 9.65. The molecule has 0 saturated carbocycles. The highest BCUT2D eigenvalue weighted by molar-refractivity contribution is 7.90. The maximum atomic E-state index is 13.2. The van der Waals surface area contributed by atoms with Crippen LogP contribution in [0.25, 0.3) is 0 Å². The van der Waals surface area contributed by atoms with Gasteiger partial charge in [-0.05, 0) is 70.5 Å². The molecule has 1 aromatic heterocycles. The molecule has 49 heavy (non-hydrogen) atoms. The molecule has 270 valence electrons. The van der Waals surface area contributed by atoms with Crippen LogP contribution in [0.15, 0.2) is 52.7 Å². The highest BCUT2D eigenvalue weighted by atomic mass is 32.2. The van der Waals surface area contributed by atoms with Gasteiger partial charge in [0.05, 0.1) is 48.9 Å². The van der Waals surface area contributed by atoms with Crippen LogP contribution in [0.2, 0.25) is 0 Å². The van der Waals surface area contributed by atoms with Crippen molar-refractivity contribution in [3.63, 3.8) is 0 Å². The Bertz CT molecular complexity index is 1850. The minimum Gasteiger partial charge on any atom is -0.488 e. The molecule has 5 rings (SSSR count). The summed E-state index contributed by atoms with van der Waals surface area (Å²) in [5.41, 5.74) is 0.523. The summed E-state index contributed by atoms with van der Waals surface area (Å²) < 4.78 is 88.4. The number of amides is 1. The Labute approximate surface area is 291 Å². The molecule has 1 atom stereocenters. The van der Waals surface area contributed by atoms with Crippen molar-refractivity contribution in [3.8, 4) is 17.2 Å². The minimum atomic E-state index is -3.35. The van der Waals surface area contributed by atoms with Crippen molar-refractivity contribution < 1.29 is 49.5 Å². The molecule has 2 N–H and O–H groups in total. The van der Waals surface area contributed by atoms with E-state index in [0.29, 0.717) is 41.3 Å². The molecule has 2 aliphatic rings. The van der Waals surface area contributed by atoms with Crippen LogP contribution in [0.1, 0.15) is 56.6 Å². The van der Waals surface area contributed by atoms with Crippen LogP contribution in [-0.4, -0.2) is 77.8 Å². The number of sulfonamides is 1. The van der Waals surface area contributed by atoms with Crippen molar-refractivity contribution in [2.75, 3.05) is 43.8 Å². The Morgan fingerprint density at radius 1 is 1.10 bits per heavy atom. The fraction of sp³-hybridized carbons (Fsp3) is 0.484. The summed E-state index contributed by atoms with van der Waals surface area (Å²) in [7, 11) is -9.59. The lowest BCUT2D eigenvalue weighted by atomic mass is 10.1. The number of hydrogen-bond acceptors (Lipinski definition) is 13. The molecule has 3 heterocycles. The van der Waals surface area contributed by atoms with Crippen molar-refractivity contribution in [2.24, 2.45) is 0 Å². The van der Waals surface area contributed by atoms with Crippen LogP contribution in [0, 0.1) is 0 Å². The Kier molecular flexibility index (Phi) is 13.0. The number of carbonyl (C=O) groups is 1. The number of anilines is 1. The topological polar surface area (TPSA) is 186 Å². The molecule has 2 aliphatic heterocycles. The lowest BCUT2D eigenvalue weighted by Gasteiger charge is -2.15. The van der Waals surface area contributed by atoms with E-state index in [0.717, 1.165) is 19.1 Å². The third-order valence-electron chi connectivity index (χ3n) is 7.03. The van der Waals surface area contributed by atoms with Gasteiger partial charge in [-0.2, -0.15) is 0 Å². The van der Waals surface area contributed by atoms with Crippen molar-refractivity contribution in [2.45, 2.75) is 63.2 Å². The molecular weight excluding hydrogens is 718 g/mol. The molecule has 3 aromatic rings. The summed E-state index contributed by atoms with van der Waals surface area (Å²) in [4.78, 5) is 17.8. The number of thiazole rings is 1. The molecule has 0 aliphatic carbocycles. The molecule has 0 spiro atoms. The van der Waals surface area contributed by atoms with Gasteiger partial charge in [-0.15, -0.1) is 11.3 Å². The van der Waals surface area contributed by atoms with Gasteiger partial charge in [0.1, 0.15) is 23.4 Å².